The summed E-state index contributed by atoms with van der Waals surface area (Å²) >= 11 is 0. The maximum absolute atomic E-state index is 12.5. The molecule has 29 heavy (non-hydrogen) atoms. The monoisotopic (exact) mass is 388 g/mol. The van der Waals surface area contributed by atoms with Gasteiger partial charge in [-0.15, -0.1) is 0 Å². The lowest BCUT2D eigenvalue weighted by Gasteiger charge is -2.16. The van der Waals surface area contributed by atoms with Crippen LogP contribution in [0.3, 0.4) is 0 Å². The van der Waals surface area contributed by atoms with Gasteiger partial charge in [0.05, 0.1) is 6.33 Å². The number of nitrogens with one attached hydrogen (secondary N) is 1. The summed E-state index contributed by atoms with van der Waals surface area (Å²) in [6, 6.07) is 16.8. The summed E-state index contributed by atoms with van der Waals surface area (Å²) in [7, 11) is 0. The fourth-order valence-corrected chi connectivity index (χ4v) is 3.91. The summed E-state index contributed by atoms with van der Waals surface area (Å²) in [4.78, 5) is 19.0. The van der Waals surface area contributed by atoms with Crippen molar-refractivity contribution in [3.8, 4) is 11.1 Å². The summed E-state index contributed by atoms with van der Waals surface area (Å²) in [5.74, 6) is -0.0150. The molecule has 2 heterocycles. The zero-order valence-electron chi connectivity index (χ0n) is 16.9. The molecule has 1 atom stereocenters. The zero-order chi connectivity index (χ0) is 20.1. The highest BCUT2D eigenvalue weighted by Crippen LogP contribution is 2.25. The van der Waals surface area contributed by atoms with Gasteiger partial charge in [-0.3, -0.25) is 9.69 Å². The van der Waals surface area contributed by atoms with Crippen LogP contribution in [0, 0.1) is 0 Å². The first-order chi connectivity index (χ1) is 14.2. The Morgan fingerprint density at radius 1 is 1.10 bits per heavy atom. The molecule has 1 N–H and O–H groups in total. The number of aromatic nitrogens is 2. The summed E-state index contributed by atoms with van der Waals surface area (Å²) < 4.78 is 1.81. The molecule has 0 saturated carbocycles. The van der Waals surface area contributed by atoms with Crippen molar-refractivity contribution in [2.75, 3.05) is 13.1 Å². The molecule has 1 fully saturated rings. The molecule has 1 aliphatic rings. The summed E-state index contributed by atoms with van der Waals surface area (Å²) in [5, 5.41) is 3.06. The number of rotatable bonds is 7. The standard InChI is InChI=1S/C24H28N4O/c1-19(28-15-12-25-18-28)24(29)26-16-22-6-2-3-7-23(22)21-10-8-20(9-11-21)17-27-13-4-5-14-27/h2-3,6-12,15,18-19H,4-5,13-14,16-17H2,1H3,(H,26,29). The molecule has 0 spiro atoms. The second-order valence-electron chi connectivity index (χ2n) is 7.74. The van der Waals surface area contributed by atoms with Gasteiger partial charge in [0.2, 0.25) is 5.91 Å². The van der Waals surface area contributed by atoms with Crippen molar-refractivity contribution in [1.82, 2.24) is 19.8 Å². The van der Waals surface area contributed by atoms with Crippen LogP contribution in [0.15, 0.2) is 67.3 Å². The largest absolute Gasteiger partial charge is 0.350 e. The minimum atomic E-state index is -0.283. The molecule has 5 nitrogen and oxygen atoms in total. The van der Waals surface area contributed by atoms with Gasteiger partial charge < -0.3 is 9.88 Å². The minimum Gasteiger partial charge on any atom is -0.350 e. The Kier molecular flexibility index (Phi) is 6.06. The molecule has 5 heteroatoms. The maximum atomic E-state index is 12.5. The van der Waals surface area contributed by atoms with E-state index in [-0.39, 0.29) is 11.9 Å². The molecule has 4 rings (SSSR count). The number of hydrogen-bond donors (Lipinski definition) is 1. The average Bonchev–Trinajstić information content (AvgIpc) is 3.47. The Balaban J connectivity index is 1.43. The lowest BCUT2D eigenvalue weighted by molar-refractivity contribution is -0.124. The third kappa shape index (κ3) is 4.74. The Hall–Kier alpha value is -2.92. The van der Waals surface area contributed by atoms with Crippen molar-refractivity contribution < 1.29 is 4.79 Å². The van der Waals surface area contributed by atoms with E-state index in [1.54, 1.807) is 17.1 Å². The van der Waals surface area contributed by atoms with Gasteiger partial charge in [0.15, 0.2) is 0 Å². The predicted molar refractivity (Wildman–Crippen MR) is 115 cm³/mol. The van der Waals surface area contributed by atoms with Gasteiger partial charge >= 0.3 is 0 Å². The average molecular weight is 389 g/mol. The SMILES string of the molecule is CC(C(=O)NCc1ccccc1-c1ccc(CN2CCCC2)cc1)n1ccnc1. The number of benzene rings is 2. The second kappa shape index (κ2) is 9.05. The molecular weight excluding hydrogens is 360 g/mol. The number of likely N-dealkylation sites (tertiary alicyclic amines) is 1. The first kappa shape index (κ1) is 19.4. The quantitative estimate of drug-likeness (QED) is 0.665. The van der Waals surface area contributed by atoms with Crippen molar-refractivity contribution in [1.29, 1.82) is 0 Å². The van der Waals surface area contributed by atoms with Gasteiger partial charge in [0.25, 0.3) is 0 Å². The maximum Gasteiger partial charge on any atom is 0.243 e. The molecule has 1 saturated heterocycles. The summed E-state index contributed by atoms with van der Waals surface area (Å²) in [6.07, 6.45) is 7.80. The predicted octanol–water partition coefficient (Wildman–Crippen LogP) is 4.02. The van der Waals surface area contributed by atoms with E-state index in [0.29, 0.717) is 6.54 Å². The zero-order valence-corrected chi connectivity index (χ0v) is 16.9. The highest BCUT2D eigenvalue weighted by molar-refractivity contribution is 5.80. The van der Waals surface area contributed by atoms with Crippen molar-refractivity contribution in [2.24, 2.45) is 0 Å². The molecule has 0 bridgehead atoms. The van der Waals surface area contributed by atoms with Crippen LogP contribution in [-0.2, 0) is 17.9 Å². The molecule has 1 unspecified atom stereocenters. The highest BCUT2D eigenvalue weighted by Gasteiger charge is 2.15. The van der Waals surface area contributed by atoms with Crippen LogP contribution in [0.25, 0.3) is 11.1 Å². The van der Waals surface area contributed by atoms with E-state index < -0.39 is 0 Å². The van der Waals surface area contributed by atoms with E-state index in [1.165, 1.54) is 37.1 Å². The van der Waals surface area contributed by atoms with E-state index in [9.17, 15) is 4.79 Å². The number of hydrogen-bond acceptors (Lipinski definition) is 3. The van der Waals surface area contributed by atoms with Gasteiger partial charge in [-0.1, -0.05) is 48.5 Å². The molecule has 150 valence electrons. The lowest BCUT2D eigenvalue weighted by Crippen LogP contribution is -2.30. The van der Waals surface area contributed by atoms with Crippen molar-refractivity contribution in [3.05, 3.63) is 78.4 Å². The first-order valence-corrected chi connectivity index (χ1v) is 10.4. The normalized spacial score (nSPS) is 15.3. The molecule has 1 aromatic heterocycles. The smallest absolute Gasteiger partial charge is 0.243 e. The molecular formula is C24H28N4O. The minimum absolute atomic E-state index is 0.0150. The van der Waals surface area contributed by atoms with Gasteiger partial charge in [-0.05, 0) is 55.1 Å². The lowest BCUT2D eigenvalue weighted by atomic mass is 9.98. The number of amides is 1. The Morgan fingerprint density at radius 2 is 1.86 bits per heavy atom. The summed E-state index contributed by atoms with van der Waals surface area (Å²) in [5.41, 5.74) is 4.82. The Morgan fingerprint density at radius 3 is 2.59 bits per heavy atom. The molecule has 0 radical (unpaired) electrons. The molecule has 1 aliphatic heterocycles. The van der Waals surface area contributed by atoms with Gasteiger partial charge in [0, 0.05) is 25.5 Å². The third-order valence-corrected chi connectivity index (χ3v) is 5.69. The van der Waals surface area contributed by atoms with Gasteiger partial charge in [-0.25, -0.2) is 4.98 Å². The van der Waals surface area contributed by atoms with Crippen LogP contribution < -0.4 is 5.32 Å². The number of carbonyl (C=O) groups excluding carboxylic acids is 1. The third-order valence-electron chi connectivity index (χ3n) is 5.69. The van der Waals surface area contributed by atoms with E-state index >= 15 is 0 Å². The van der Waals surface area contributed by atoms with Gasteiger partial charge in [-0.2, -0.15) is 0 Å². The van der Waals surface area contributed by atoms with Crippen LogP contribution in [-0.4, -0.2) is 33.4 Å². The van der Waals surface area contributed by atoms with Crippen molar-refractivity contribution in [3.63, 3.8) is 0 Å². The first-order valence-electron chi connectivity index (χ1n) is 10.4. The van der Waals surface area contributed by atoms with Crippen LogP contribution in [0.5, 0.6) is 0 Å². The molecule has 3 aromatic rings. The Bertz CT molecular complexity index is 928. The topological polar surface area (TPSA) is 50.2 Å². The van der Waals surface area contributed by atoms with Crippen LogP contribution >= 0.6 is 0 Å². The van der Waals surface area contributed by atoms with E-state index in [4.69, 9.17) is 0 Å². The number of imidazole rings is 1. The Labute approximate surface area is 172 Å². The van der Waals surface area contributed by atoms with Crippen LogP contribution in [0.2, 0.25) is 0 Å². The number of carbonyl (C=O) groups is 1. The fourth-order valence-electron chi connectivity index (χ4n) is 3.91. The van der Waals surface area contributed by atoms with E-state index in [0.717, 1.165) is 17.7 Å². The second-order valence-corrected chi connectivity index (χ2v) is 7.74. The van der Waals surface area contributed by atoms with Gasteiger partial charge in [0.1, 0.15) is 6.04 Å². The molecule has 1 amide bonds. The van der Waals surface area contributed by atoms with Crippen molar-refractivity contribution >= 4 is 5.91 Å². The summed E-state index contributed by atoms with van der Waals surface area (Å²) in [6.45, 7) is 5.83. The van der Waals surface area contributed by atoms with Crippen molar-refractivity contribution in [2.45, 2.75) is 38.9 Å². The molecule has 2 aromatic carbocycles. The van der Waals surface area contributed by atoms with Crippen LogP contribution in [0.1, 0.15) is 36.9 Å². The van der Waals surface area contributed by atoms with E-state index in [2.05, 4.69) is 51.6 Å². The van der Waals surface area contributed by atoms with E-state index in [1.807, 2.05) is 25.3 Å². The molecule has 0 aliphatic carbocycles. The van der Waals surface area contributed by atoms with Crippen LogP contribution in [0.4, 0.5) is 0 Å². The highest BCUT2D eigenvalue weighted by atomic mass is 16.2. The fraction of sp³-hybridized carbons (Fsp3) is 0.333. The number of nitrogens with zero attached hydrogens (tertiary/aromatic N) is 3.